The minimum absolute atomic E-state index is 0.0733. The van der Waals surface area contributed by atoms with Gasteiger partial charge in [-0.3, -0.25) is 9.59 Å². The van der Waals surface area contributed by atoms with Crippen LogP contribution in [0.2, 0.25) is 0 Å². The van der Waals surface area contributed by atoms with Crippen molar-refractivity contribution in [2.24, 2.45) is 0 Å². The van der Waals surface area contributed by atoms with E-state index in [4.69, 9.17) is 0 Å². The van der Waals surface area contributed by atoms with Gasteiger partial charge in [0.25, 0.3) is 11.5 Å². The number of nitrogens with one attached hydrogen (secondary N) is 1. The lowest BCUT2D eigenvalue weighted by Crippen LogP contribution is -2.30. The standard InChI is InChI=1S/C14H17N3O2S/c1-3-8-17-13(18)7-6-11(16-17)14(19)15-10(2)12-5-4-9-20-12/h4-7,9-10H,3,8H2,1-2H3,(H,15,19). The maximum atomic E-state index is 12.1. The Morgan fingerprint density at radius 1 is 1.45 bits per heavy atom. The van der Waals surface area contributed by atoms with Gasteiger partial charge in [0.2, 0.25) is 0 Å². The average molecular weight is 291 g/mol. The molecule has 20 heavy (non-hydrogen) atoms. The van der Waals surface area contributed by atoms with Crippen molar-refractivity contribution >= 4 is 17.2 Å². The maximum Gasteiger partial charge on any atom is 0.272 e. The Morgan fingerprint density at radius 2 is 2.25 bits per heavy atom. The van der Waals surface area contributed by atoms with Gasteiger partial charge in [-0.05, 0) is 30.9 Å². The topological polar surface area (TPSA) is 64.0 Å². The van der Waals surface area contributed by atoms with Crippen molar-refractivity contribution in [1.82, 2.24) is 15.1 Å². The smallest absolute Gasteiger partial charge is 0.272 e. The Kier molecular flexibility index (Phi) is 4.68. The van der Waals surface area contributed by atoms with Crippen LogP contribution in [0.3, 0.4) is 0 Å². The molecule has 1 unspecified atom stereocenters. The molecule has 1 N–H and O–H groups in total. The molecule has 0 aliphatic rings. The van der Waals surface area contributed by atoms with Crippen LogP contribution in [0.25, 0.3) is 0 Å². The van der Waals surface area contributed by atoms with Crippen molar-refractivity contribution in [3.05, 3.63) is 50.6 Å². The van der Waals surface area contributed by atoms with Gasteiger partial charge in [-0.1, -0.05) is 13.0 Å². The number of thiophene rings is 1. The Morgan fingerprint density at radius 3 is 2.90 bits per heavy atom. The van der Waals surface area contributed by atoms with E-state index in [0.717, 1.165) is 11.3 Å². The monoisotopic (exact) mass is 291 g/mol. The van der Waals surface area contributed by atoms with Crippen LogP contribution >= 0.6 is 11.3 Å². The number of carbonyl (C=O) groups excluding carboxylic acids is 1. The zero-order chi connectivity index (χ0) is 14.5. The molecule has 0 aliphatic carbocycles. The first kappa shape index (κ1) is 14.5. The van der Waals surface area contributed by atoms with E-state index in [9.17, 15) is 9.59 Å². The van der Waals surface area contributed by atoms with E-state index < -0.39 is 0 Å². The number of hydrogen-bond acceptors (Lipinski definition) is 4. The van der Waals surface area contributed by atoms with Crippen LogP contribution in [0.4, 0.5) is 0 Å². The number of nitrogens with zero attached hydrogens (tertiary/aromatic N) is 2. The van der Waals surface area contributed by atoms with Crippen LogP contribution in [0.1, 0.15) is 41.7 Å². The van der Waals surface area contributed by atoms with Crippen LogP contribution in [0, 0.1) is 0 Å². The summed E-state index contributed by atoms with van der Waals surface area (Å²) in [7, 11) is 0. The summed E-state index contributed by atoms with van der Waals surface area (Å²) < 4.78 is 1.32. The van der Waals surface area contributed by atoms with Crippen molar-refractivity contribution in [3.63, 3.8) is 0 Å². The van der Waals surface area contributed by atoms with E-state index in [1.54, 1.807) is 11.3 Å². The molecule has 0 aliphatic heterocycles. The van der Waals surface area contributed by atoms with Crippen LogP contribution < -0.4 is 10.9 Å². The third-order valence-electron chi connectivity index (χ3n) is 2.85. The van der Waals surface area contributed by atoms with E-state index >= 15 is 0 Å². The number of aromatic nitrogens is 2. The Labute approximate surface area is 121 Å². The molecular formula is C14H17N3O2S. The second-order valence-electron chi connectivity index (χ2n) is 4.49. The molecule has 0 saturated carbocycles. The van der Waals surface area contributed by atoms with Gasteiger partial charge in [-0.15, -0.1) is 11.3 Å². The van der Waals surface area contributed by atoms with E-state index in [-0.39, 0.29) is 23.2 Å². The molecule has 5 nitrogen and oxygen atoms in total. The second kappa shape index (κ2) is 6.47. The Balaban J connectivity index is 2.13. The lowest BCUT2D eigenvalue weighted by atomic mass is 10.2. The summed E-state index contributed by atoms with van der Waals surface area (Å²) in [6.45, 7) is 4.39. The average Bonchev–Trinajstić information content (AvgIpc) is 2.95. The zero-order valence-electron chi connectivity index (χ0n) is 11.5. The summed E-state index contributed by atoms with van der Waals surface area (Å²) in [6.07, 6.45) is 0.795. The minimum atomic E-state index is -0.268. The van der Waals surface area contributed by atoms with Crippen LogP contribution in [-0.4, -0.2) is 15.7 Å². The van der Waals surface area contributed by atoms with Gasteiger partial charge in [-0.2, -0.15) is 5.10 Å². The molecule has 2 aromatic heterocycles. The highest BCUT2D eigenvalue weighted by Gasteiger charge is 2.14. The first-order valence-electron chi connectivity index (χ1n) is 6.54. The largest absolute Gasteiger partial charge is 0.343 e. The summed E-state index contributed by atoms with van der Waals surface area (Å²) in [5.41, 5.74) is 0.0798. The SMILES string of the molecule is CCCn1nc(C(=O)NC(C)c2cccs2)ccc1=O. The van der Waals surface area contributed by atoms with Gasteiger partial charge >= 0.3 is 0 Å². The third kappa shape index (κ3) is 3.33. The first-order valence-corrected chi connectivity index (χ1v) is 7.42. The second-order valence-corrected chi connectivity index (χ2v) is 5.47. The molecule has 0 radical (unpaired) electrons. The third-order valence-corrected chi connectivity index (χ3v) is 3.91. The number of aryl methyl sites for hydroxylation is 1. The molecular weight excluding hydrogens is 274 g/mol. The lowest BCUT2D eigenvalue weighted by molar-refractivity contribution is 0.0933. The minimum Gasteiger partial charge on any atom is -0.343 e. The predicted molar refractivity (Wildman–Crippen MR) is 79.0 cm³/mol. The molecule has 0 fully saturated rings. The van der Waals surface area contributed by atoms with Gasteiger partial charge < -0.3 is 5.32 Å². The fourth-order valence-electron chi connectivity index (χ4n) is 1.82. The molecule has 2 rings (SSSR count). The van der Waals surface area contributed by atoms with E-state index in [1.165, 1.54) is 16.8 Å². The number of amides is 1. The van der Waals surface area contributed by atoms with E-state index in [0.29, 0.717) is 6.54 Å². The quantitative estimate of drug-likeness (QED) is 0.918. The fourth-order valence-corrected chi connectivity index (χ4v) is 2.56. The summed E-state index contributed by atoms with van der Waals surface area (Å²) >= 11 is 1.59. The van der Waals surface area contributed by atoms with Crippen LogP contribution in [-0.2, 0) is 6.54 Å². The number of hydrogen-bond donors (Lipinski definition) is 1. The normalized spacial score (nSPS) is 12.1. The molecule has 0 spiro atoms. The summed E-state index contributed by atoms with van der Waals surface area (Å²) in [4.78, 5) is 24.8. The molecule has 6 heteroatoms. The van der Waals surface area contributed by atoms with E-state index in [1.807, 2.05) is 31.4 Å². The fraction of sp³-hybridized carbons (Fsp3) is 0.357. The highest BCUT2D eigenvalue weighted by atomic mass is 32.1. The summed E-state index contributed by atoms with van der Waals surface area (Å²) in [5.74, 6) is -0.268. The Hall–Kier alpha value is -1.95. The van der Waals surface area contributed by atoms with Gasteiger partial charge in [0.1, 0.15) is 5.69 Å². The number of rotatable bonds is 5. The molecule has 0 bridgehead atoms. The molecule has 1 amide bonds. The van der Waals surface area contributed by atoms with E-state index in [2.05, 4.69) is 10.4 Å². The van der Waals surface area contributed by atoms with Crippen molar-refractivity contribution in [1.29, 1.82) is 0 Å². The van der Waals surface area contributed by atoms with Crippen LogP contribution in [0.15, 0.2) is 34.4 Å². The molecule has 2 aromatic rings. The highest BCUT2D eigenvalue weighted by Crippen LogP contribution is 2.18. The molecule has 2 heterocycles. The molecule has 0 saturated heterocycles. The zero-order valence-corrected chi connectivity index (χ0v) is 12.3. The summed E-state index contributed by atoms with van der Waals surface area (Å²) in [6, 6.07) is 6.69. The lowest BCUT2D eigenvalue weighted by Gasteiger charge is -2.12. The molecule has 106 valence electrons. The van der Waals surface area contributed by atoms with Gasteiger partial charge in [0, 0.05) is 17.5 Å². The molecule has 1 atom stereocenters. The predicted octanol–water partition coefficient (Wildman–Crippen LogP) is 2.21. The molecule has 0 aromatic carbocycles. The van der Waals surface area contributed by atoms with Crippen molar-refractivity contribution in [2.45, 2.75) is 32.9 Å². The number of carbonyl (C=O) groups is 1. The summed E-state index contributed by atoms with van der Waals surface area (Å²) in [5, 5.41) is 8.94. The van der Waals surface area contributed by atoms with Crippen molar-refractivity contribution in [3.8, 4) is 0 Å². The van der Waals surface area contributed by atoms with Crippen molar-refractivity contribution in [2.75, 3.05) is 0 Å². The van der Waals surface area contributed by atoms with Gasteiger partial charge in [-0.25, -0.2) is 4.68 Å². The first-order chi connectivity index (χ1) is 9.61. The highest BCUT2D eigenvalue weighted by molar-refractivity contribution is 7.10. The Bertz CT molecular complexity index is 634. The van der Waals surface area contributed by atoms with Gasteiger partial charge in [0.05, 0.1) is 6.04 Å². The van der Waals surface area contributed by atoms with Gasteiger partial charge in [0.15, 0.2) is 0 Å². The van der Waals surface area contributed by atoms with Crippen LogP contribution in [0.5, 0.6) is 0 Å². The van der Waals surface area contributed by atoms with Crippen molar-refractivity contribution < 1.29 is 4.79 Å². The maximum absolute atomic E-state index is 12.1.